The van der Waals surface area contributed by atoms with E-state index in [2.05, 4.69) is 5.32 Å². The van der Waals surface area contributed by atoms with Gasteiger partial charge in [0.25, 0.3) is 11.6 Å². The Morgan fingerprint density at radius 3 is 2.26 bits per heavy atom. The van der Waals surface area contributed by atoms with Crippen LogP contribution >= 0.6 is 0 Å². The topological polar surface area (TPSA) is 89.3 Å². The highest BCUT2D eigenvalue weighted by Gasteiger charge is 2.16. The Balaban J connectivity index is 1.82. The van der Waals surface area contributed by atoms with E-state index in [1.54, 1.807) is 55.5 Å². The van der Waals surface area contributed by atoms with Gasteiger partial charge in [0.1, 0.15) is 0 Å². The fraction of sp³-hybridized carbons (Fsp3) is 0.0476. The molecule has 0 fully saturated rings. The number of nitro groups is 1. The number of anilines is 1. The van der Waals surface area contributed by atoms with Gasteiger partial charge in [0.2, 0.25) is 0 Å². The fourth-order valence-corrected chi connectivity index (χ4v) is 2.64. The lowest BCUT2D eigenvalue weighted by Gasteiger charge is -2.08. The number of nitrogens with zero attached hydrogens (tertiary/aromatic N) is 1. The molecule has 6 heteroatoms. The molecule has 6 nitrogen and oxygen atoms in total. The van der Waals surface area contributed by atoms with Crippen molar-refractivity contribution in [2.75, 3.05) is 5.32 Å². The number of carbonyl (C=O) groups excluding carboxylic acids is 2. The maximum absolute atomic E-state index is 12.5. The molecule has 27 heavy (non-hydrogen) atoms. The van der Waals surface area contributed by atoms with Gasteiger partial charge in [-0.2, -0.15) is 0 Å². The van der Waals surface area contributed by atoms with E-state index in [1.807, 2.05) is 6.07 Å². The predicted octanol–water partition coefficient (Wildman–Crippen LogP) is 4.39. The van der Waals surface area contributed by atoms with Crippen molar-refractivity contribution >= 4 is 23.1 Å². The molecule has 3 aromatic rings. The van der Waals surface area contributed by atoms with E-state index in [0.717, 1.165) is 0 Å². The van der Waals surface area contributed by atoms with E-state index in [9.17, 15) is 19.7 Å². The highest BCUT2D eigenvalue weighted by molar-refractivity contribution is 6.10. The van der Waals surface area contributed by atoms with Crippen molar-refractivity contribution in [3.05, 3.63) is 105 Å². The number of nitrogens with one attached hydrogen (secondary N) is 1. The minimum absolute atomic E-state index is 0.115. The second-order valence-corrected chi connectivity index (χ2v) is 5.99. The van der Waals surface area contributed by atoms with Crippen LogP contribution in [0.2, 0.25) is 0 Å². The second-order valence-electron chi connectivity index (χ2n) is 5.99. The van der Waals surface area contributed by atoms with Crippen LogP contribution in [-0.2, 0) is 0 Å². The first-order valence-electron chi connectivity index (χ1n) is 8.22. The lowest BCUT2D eigenvalue weighted by atomic mass is 10.0. The van der Waals surface area contributed by atoms with Gasteiger partial charge < -0.3 is 5.32 Å². The number of hydrogen-bond donors (Lipinski definition) is 1. The van der Waals surface area contributed by atoms with Crippen LogP contribution in [0.4, 0.5) is 11.4 Å². The molecule has 0 aliphatic rings. The van der Waals surface area contributed by atoms with Gasteiger partial charge in [0.15, 0.2) is 5.78 Å². The van der Waals surface area contributed by atoms with Gasteiger partial charge in [-0.05, 0) is 25.1 Å². The molecule has 0 atom stereocenters. The molecule has 0 aromatic heterocycles. The predicted molar refractivity (Wildman–Crippen MR) is 102 cm³/mol. The highest BCUT2D eigenvalue weighted by Crippen LogP contribution is 2.21. The van der Waals surface area contributed by atoms with Gasteiger partial charge in [-0.1, -0.05) is 48.5 Å². The summed E-state index contributed by atoms with van der Waals surface area (Å²) in [5, 5.41) is 13.7. The molecule has 0 saturated carbocycles. The molecule has 0 unspecified atom stereocenters. The summed E-state index contributed by atoms with van der Waals surface area (Å²) in [5.74, 6) is -0.639. The standard InChI is InChI=1S/C21H16N2O4/c1-14-10-11-17(13-19(14)23(26)27)21(25)22-18-9-5-8-16(12-18)20(24)15-6-3-2-4-7-15/h2-13H,1H3,(H,22,25). The monoisotopic (exact) mass is 360 g/mol. The lowest BCUT2D eigenvalue weighted by Crippen LogP contribution is -2.13. The van der Waals surface area contributed by atoms with Crippen molar-refractivity contribution < 1.29 is 14.5 Å². The zero-order valence-corrected chi connectivity index (χ0v) is 14.5. The Hall–Kier alpha value is -3.80. The third kappa shape index (κ3) is 4.07. The molecular formula is C21H16N2O4. The van der Waals surface area contributed by atoms with Crippen molar-refractivity contribution in [2.24, 2.45) is 0 Å². The van der Waals surface area contributed by atoms with E-state index in [4.69, 9.17) is 0 Å². The third-order valence-electron chi connectivity index (χ3n) is 4.09. The molecule has 1 amide bonds. The normalized spacial score (nSPS) is 10.3. The van der Waals surface area contributed by atoms with Gasteiger partial charge in [0.05, 0.1) is 4.92 Å². The zero-order valence-electron chi connectivity index (χ0n) is 14.5. The average Bonchev–Trinajstić information content (AvgIpc) is 2.68. The van der Waals surface area contributed by atoms with Crippen LogP contribution in [0.5, 0.6) is 0 Å². The Kier molecular flexibility index (Phi) is 5.08. The summed E-state index contributed by atoms with van der Waals surface area (Å²) >= 11 is 0. The van der Waals surface area contributed by atoms with Gasteiger partial charge in [-0.25, -0.2) is 0 Å². The molecule has 0 saturated heterocycles. The Bertz CT molecular complexity index is 1030. The first-order valence-corrected chi connectivity index (χ1v) is 8.22. The van der Waals surface area contributed by atoms with Crippen molar-refractivity contribution in [3.8, 4) is 0 Å². The van der Waals surface area contributed by atoms with Crippen LogP contribution in [-0.4, -0.2) is 16.6 Å². The molecular weight excluding hydrogens is 344 g/mol. The van der Waals surface area contributed by atoms with Crippen LogP contribution in [0, 0.1) is 17.0 Å². The number of rotatable bonds is 5. The van der Waals surface area contributed by atoms with E-state index < -0.39 is 10.8 Å². The SMILES string of the molecule is Cc1ccc(C(=O)Nc2cccc(C(=O)c3ccccc3)c2)cc1[N+](=O)[O-]. The number of aryl methyl sites for hydroxylation is 1. The molecule has 0 spiro atoms. The number of nitro benzene ring substituents is 1. The number of benzene rings is 3. The lowest BCUT2D eigenvalue weighted by molar-refractivity contribution is -0.385. The van der Waals surface area contributed by atoms with Crippen molar-refractivity contribution in [1.29, 1.82) is 0 Å². The number of ketones is 1. The summed E-state index contributed by atoms with van der Waals surface area (Å²) < 4.78 is 0. The molecule has 3 rings (SSSR count). The molecule has 134 valence electrons. The summed E-state index contributed by atoms with van der Waals surface area (Å²) in [7, 11) is 0. The Labute approximate surface area is 155 Å². The maximum atomic E-state index is 12.5. The van der Waals surface area contributed by atoms with Crippen molar-refractivity contribution in [2.45, 2.75) is 6.92 Å². The molecule has 1 N–H and O–H groups in total. The van der Waals surface area contributed by atoms with Crippen LogP contribution in [0.15, 0.2) is 72.8 Å². The fourth-order valence-electron chi connectivity index (χ4n) is 2.64. The van der Waals surface area contributed by atoms with E-state index in [0.29, 0.717) is 22.4 Å². The van der Waals surface area contributed by atoms with E-state index in [-0.39, 0.29) is 17.0 Å². The molecule has 0 aliphatic carbocycles. The third-order valence-corrected chi connectivity index (χ3v) is 4.09. The van der Waals surface area contributed by atoms with Gasteiger partial charge in [-0.15, -0.1) is 0 Å². The molecule has 3 aromatic carbocycles. The molecule has 0 aliphatic heterocycles. The Morgan fingerprint density at radius 2 is 1.56 bits per heavy atom. The minimum atomic E-state index is -0.523. The number of amides is 1. The molecule has 0 radical (unpaired) electrons. The van der Waals surface area contributed by atoms with Crippen molar-refractivity contribution in [1.82, 2.24) is 0 Å². The molecule has 0 heterocycles. The molecule has 0 bridgehead atoms. The van der Waals surface area contributed by atoms with E-state index in [1.165, 1.54) is 18.2 Å². The summed E-state index contributed by atoms with van der Waals surface area (Å²) in [5.41, 5.74) is 1.96. The average molecular weight is 360 g/mol. The smallest absolute Gasteiger partial charge is 0.273 e. The van der Waals surface area contributed by atoms with Crippen LogP contribution in [0.1, 0.15) is 31.8 Å². The van der Waals surface area contributed by atoms with Gasteiger partial charge in [0, 0.05) is 34.0 Å². The van der Waals surface area contributed by atoms with Gasteiger partial charge >= 0.3 is 0 Å². The highest BCUT2D eigenvalue weighted by atomic mass is 16.6. The second kappa shape index (κ2) is 7.61. The summed E-state index contributed by atoms with van der Waals surface area (Å²) in [4.78, 5) is 35.5. The number of carbonyl (C=O) groups is 2. The maximum Gasteiger partial charge on any atom is 0.273 e. The first kappa shape index (κ1) is 18.0. The van der Waals surface area contributed by atoms with Crippen molar-refractivity contribution in [3.63, 3.8) is 0 Å². The quantitative estimate of drug-likeness (QED) is 0.415. The Morgan fingerprint density at radius 1 is 0.852 bits per heavy atom. The summed E-state index contributed by atoms with van der Waals surface area (Å²) in [6, 6.07) is 19.7. The minimum Gasteiger partial charge on any atom is -0.322 e. The van der Waals surface area contributed by atoms with Crippen LogP contribution < -0.4 is 5.32 Å². The largest absolute Gasteiger partial charge is 0.322 e. The van der Waals surface area contributed by atoms with Gasteiger partial charge in [-0.3, -0.25) is 19.7 Å². The number of hydrogen-bond acceptors (Lipinski definition) is 4. The van der Waals surface area contributed by atoms with E-state index >= 15 is 0 Å². The first-order chi connectivity index (χ1) is 13.0. The summed E-state index contributed by atoms with van der Waals surface area (Å²) in [6.07, 6.45) is 0. The zero-order chi connectivity index (χ0) is 19.4. The summed E-state index contributed by atoms with van der Waals surface area (Å²) in [6.45, 7) is 1.61. The van der Waals surface area contributed by atoms with Crippen LogP contribution in [0.3, 0.4) is 0 Å². The van der Waals surface area contributed by atoms with Crippen LogP contribution in [0.25, 0.3) is 0 Å².